The van der Waals surface area contributed by atoms with Gasteiger partial charge in [-0.1, -0.05) is 19.0 Å². The lowest BCUT2D eigenvalue weighted by Crippen LogP contribution is -2.42. The van der Waals surface area contributed by atoms with Gasteiger partial charge in [0.25, 0.3) is 0 Å². The number of likely N-dealkylation sites (tertiary alicyclic amines) is 1. The molecule has 0 bridgehead atoms. The lowest BCUT2D eigenvalue weighted by molar-refractivity contribution is 0.157. The van der Waals surface area contributed by atoms with Gasteiger partial charge >= 0.3 is 0 Å². The maximum atomic E-state index is 12.7. The van der Waals surface area contributed by atoms with Crippen molar-refractivity contribution in [2.75, 3.05) is 33.4 Å². The summed E-state index contributed by atoms with van der Waals surface area (Å²) in [7, 11) is -1.96. The molecule has 0 saturated carbocycles. The summed E-state index contributed by atoms with van der Waals surface area (Å²) < 4.78 is 38.4. The van der Waals surface area contributed by atoms with Crippen LogP contribution in [0.4, 0.5) is 0 Å². The van der Waals surface area contributed by atoms with Gasteiger partial charge < -0.3 is 9.26 Å². The standard InChI is InChI=1S/C15H27N3O4S/c1-10(2)13-8-18(6-7-21-5)9-14(13)17-23(19,20)15-11(3)16-22-12(15)4/h10,13-14,17H,6-9H2,1-5H3/t13-,14+/m1/s1. The largest absolute Gasteiger partial charge is 0.383 e. The summed E-state index contributed by atoms with van der Waals surface area (Å²) in [5.74, 6) is 0.979. The maximum absolute atomic E-state index is 12.7. The second kappa shape index (κ2) is 7.29. The highest BCUT2D eigenvalue weighted by Crippen LogP contribution is 2.27. The van der Waals surface area contributed by atoms with E-state index in [1.54, 1.807) is 21.0 Å². The molecule has 0 aromatic carbocycles. The molecular weight excluding hydrogens is 318 g/mol. The Bertz CT molecular complexity index is 607. The highest BCUT2D eigenvalue weighted by Gasteiger charge is 2.38. The summed E-state index contributed by atoms with van der Waals surface area (Å²) in [6.45, 7) is 10.5. The van der Waals surface area contributed by atoms with Crippen LogP contribution < -0.4 is 4.72 Å². The Morgan fingerprint density at radius 2 is 2.09 bits per heavy atom. The number of sulfonamides is 1. The highest BCUT2D eigenvalue weighted by atomic mass is 32.2. The van der Waals surface area contributed by atoms with E-state index in [1.165, 1.54) is 0 Å². The van der Waals surface area contributed by atoms with Gasteiger partial charge in [0, 0.05) is 32.8 Å². The Hall–Kier alpha value is -0.960. The average Bonchev–Trinajstić information content (AvgIpc) is 3.00. The zero-order valence-electron chi connectivity index (χ0n) is 14.5. The van der Waals surface area contributed by atoms with Gasteiger partial charge in [0.2, 0.25) is 10.0 Å². The second-order valence-electron chi connectivity index (χ2n) is 6.54. The van der Waals surface area contributed by atoms with E-state index in [2.05, 4.69) is 28.6 Å². The number of methoxy groups -OCH3 is 1. The summed E-state index contributed by atoms with van der Waals surface area (Å²) >= 11 is 0. The molecule has 0 unspecified atom stereocenters. The van der Waals surface area contributed by atoms with Crippen molar-refractivity contribution in [3.63, 3.8) is 0 Å². The lowest BCUT2D eigenvalue weighted by Gasteiger charge is -2.22. The van der Waals surface area contributed by atoms with Crippen LogP contribution in [0.25, 0.3) is 0 Å². The van der Waals surface area contributed by atoms with E-state index >= 15 is 0 Å². The fourth-order valence-electron chi connectivity index (χ4n) is 3.23. The Labute approximate surface area is 138 Å². The first-order valence-electron chi connectivity index (χ1n) is 7.92. The minimum atomic E-state index is -3.64. The normalized spacial score (nSPS) is 23.0. The van der Waals surface area contributed by atoms with Crippen LogP contribution in [0.5, 0.6) is 0 Å². The number of aryl methyl sites for hydroxylation is 2. The fourth-order valence-corrected chi connectivity index (χ4v) is 4.84. The van der Waals surface area contributed by atoms with Crippen molar-refractivity contribution in [1.82, 2.24) is 14.8 Å². The lowest BCUT2D eigenvalue weighted by atomic mass is 9.92. The van der Waals surface area contributed by atoms with E-state index in [4.69, 9.17) is 9.26 Å². The third-order valence-corrected chi connectivity index (χ3v) is 6.19. The minimum absolute atomic E-state index is 0.120. The van der Waals surface area contributed by atoms with Crippen molar-refractivity contribution >= 4 is 10.0 Å². The van der Waals surface area contributed by atoms with E-state index in [9.17, 15) is 8.42 Å². The molecule has 23 heavy (non-hydrogen) atoms. The first kappa shape index (κ1) is 18.4. The molecule has 1 fully saturated rings. The second-order valence-corrected chi connectivity index (χ2v) is 8.19. The van der Waals surface area contributed by atoms with Crippen LogP contribution in [-0.2, 0) is 14.8 Å². The Morgan fingerprint density at radius 1 is 1.39 bits per heavy atom. The first-order chi connectivity index (χ1) is 10.8. The number of aromatic nitrogens is 1. The van der Waals surface area contributed by atoms with Gasteiger partial charge in [0.15, 0.2) is 5.76 Å². The van der Waals surface area contributed by atoms with E-state index in [-0.39, 0.29) is 16.9 Å². The van der Waals surface area contributed by atoms with Crippen LogP contribution in [0, 0.1) is 25.7 Å². The number of hydrogen-bond acceptors (Lipinski definition) is 6. The molecule has 1 saturated heterocycles. The third kappa shape index (κ3) is 4.12. The Balaban J connectivity index is 2.16. The Kier molecular flexibility index (Phi) is 5.83. The minimum Gasteiger partial charge on any atom is -0.383 e. The summed E-state index contributed by atoms with van der Waals surface area (Å²) in [4.78, 5) is 2.41. The molecule has 8 heteroatoms. The molecule has 0 amide bonds. The van der Waals surface area contributed by atoms with Crippen molar-refractivity contribution in [1.29, 1.82) is 0 Å². The van der Waals surface area contributed by atoms with Gasteiger partial charge in [-0.15, -0.1) is 0 Å². The van der Waals surface area contributed by atoms with Gasteiger partial charge in [-0.3, -0.25) is 4.90 Å². The molecule has 132 valence electrons. The predicted octanol–water partition coefficient (Wildman–Crippen LogP) is 1.17. The molecular formula is C15H27N3O4S. The monoisotopic (exact) mass is 345 g/mol. The Morgan fingerprint density at radius 3 is 2.61 bits per heavy atom. The number of ether oxygens (including phenoxy) is 1. The number of hydrogen-bond donors (Lipinski definition) is 1. The molecule has 0 aliphatic carbocycles. The highest BCUT2D eigenvalue weighted by molar-refractivity contribution is 7.89. The molecule has 2 atom stereocenters. The molecule has 1 aromatic heterocycles. The van der Waals surface area contributed by atoms with E-state index in [0.29, 0.717) is 30.5 Å². The van der Waals surface area contributed by atoms with E-state index in [1.807, 2.05) is 0 Å². The van der Waals surface area contributed by atoms with Crippen LogP contribution in [0.3, 0.4) is 0 Å². The number of nitrogens with one attached hydrogen (secondary N) is 1. The molecule has 1 aliphatic rings. The van der Waals surface area contributed by atoms with Gasteiger partial charge in [-0.25, -0.2) is 13.1 Å². The topological polar surface area (TPSA) is 84.7 Å². The van der Waals surface area contributed by atoms with E-state index < -0.39 is 10.0 Å². The smallest absolute Gasteiger partial charge is 0.246 e. The zero-order valence-corrected chi connectivity index (χ0v) is 15.3. The molecule has 7 nitrogen and oxygen atoms in total. The average molecular weight is 345 g/mol. The van der Waals surface area contributed by atoms with Crippen LogP contribution >= 0.6 is 0 Å². The van der Waals surface area contributed by atoms with Crippen molar-refractivity contribution in [2.24, 2.45) is 11.8 Å². The molecule has 1 aliphatic heterocycles. The summed E-state index contributed by atoms with van der Waals surface area (Å²) in [5.41, 5.74) is 0.394. The van der Waals surface area contributed by atoms with E-state index in [0.717, 1.165) is 13.1 Å². The summed E-state index contributed by atoms with van der Waals surface area (Å²) in [5, 5.41) is 3.75. The zero-order chi connectivity index (χ0) is 17.2. The SMILES string of the molecule is COCCN1C[C@H](NS(=O)(=O)c2c(C)noc2C)[C@@H](C(C)C)C1. The van der Waals surface area contributed by atoms with Gasteiger partial charge in [-0.2, -0.15) is 0 Å². The fraction of sp³-hybridized carbons (Fsp3) is 0.800. The van der Waals surface area contributed by atoms with Crippen molar-refractivity contribution in [2.45, 2.75) is 38.6 Å². The molecule has 1 aromatic rings. The number of rotatable bonds is 7. The van der Waals surface area contributed by atoms with Crippen LogP contribution in [0.1, 0.15) is 25.3 Å². The first-order valence-corrected chi connectivity index (χ1v) is 9.41. The quantitative estimate of drug-likeness (QED) is 0.799. The van der Waals surface area contributed by atoms with Crippen LogP contribution in [0.2, 0.25) is 0 Å². The van der Waals surface area contributed by atoms with Gasteiger partial charge in [-0.05, 0) is 25.7 Å². The number of nitrogens with zero attached hydrogens (tertiary/aromatic N) is 2. The summed E-state index contributed by atoms with van der Waals surface area (Å²) in [6.07, 6.45) is 0. The predicted molar refractivity (Wildman–Crippen MR) is 86.7 cm³/mol. The van der Waals surface area contributed by atoms with Gasteiger partial charge in [0.05, 0.1) is 6.61 Å². The third-order valence-electron chi connectivity index (χ3n) is 4.45. The van der Waals surface area contributed by atoms with Crippen LogP contribution in [0.15, 0.2) is 9.42 Å². The molecule has 0 spiro atoms. The van der Waals surface area contributed by atoms with Crippen molar-refractivity contribution < 1.29 is 17.7 Å². The summed E-state index contributed by atoms with van der Waals surface area (Å²) in [6, 6.07) is -0.120. The molecule has 2 rings (SSSR count). The van der Waals surface area contributed by atoms with Gasteiger partial charge in [0.1, 0.15) is 10.6 Å². The maximum Gasteiger partial charge on any atom is 0.246 e. The van der Waals surface area contributed by atoms with Crippen molar-refractivity contribution in [3.8, 4) is 0 Å². The molecule has 0 radical (unpaired) electrons. The molecule has 1 N–H and O–H groups in total. The van der Waals surface area contributed by atoms with Crippen molar-refractivity contribution in [3.05, 3.63) is 11.5 Å². The molecule has 2 heterocycles. The van der Waals surface area contributed by atoms with Crippen LogP contribution in [-0.4, -0.2) is 57.9 Å².